The van der Waals surface area contributed by atoms with Crippen molar-refractivity contribution in [2.75, 3.05) is 6.54 Å². The Labute approximate surface area is 90.4 Å². The molecule has 0 spiro atoms. The molecule has 0 radical (unpaired) electrons. The van der Waals surface area contributed by atoms with Crippen LogP contribution in [0.5, 0.6) is 0 Å². The summed E-state index contributed by atoms with van der Waals surface area (Å²) in [4.78, 5) is 4.35. The van der Waals surface area contributed by atoms with Gasteiger partial charge in [-0.2, -0.15) is 4.98 Å². The Morgan fingerprint density at radius 1 is 1.40 bits per heavy atom. The van der Waals surface area contributed by atoms with Crippen molar-refractivity contribution in [3.63, 3.8) is 0 Å². The number of hydrogen-bond donors (Lipinski definition) is 1. The van der Waals surface area contributed by atoms with Crippen molar-refractivity contribution in [1.82, 2.24) is 15.5 Å². The van der Waals surface area contributed by atoms with Crippen LogP contribution in [0.1, 0.15) is 44.3 Å². The van der Waals surface area contributed by atoms with E-state index in [1.54, 1.807) is 0 Å². The van der Waals surface area contributed by atoms with Gasteiger partial charge in [-0.25, -0.2) is 0 Å². The van der Waals surface area contributed by atoms with Crippen LogP contribution in [-0.4, -0.2) is 22.7 Å². The maximum absolute atomic E-state index is 5.16. The third-order valence-electron chi connectivity index (χ3n) is 2.61. The monoisotopic (exact) mass is 209 g/mol. The lowest BCUT2D eigenvalue weighted by atomic mass is 10.2. The standard InChI is InChI=1S/C11H19N3O/c1-2-3-4-10-13-11(15-14-10)7-8-12-9-5-6-9/h9,12H,2-8H2,1H3. The highest BCUT2D eigenvalue weighted by Crippen LogP contribution is 2.18. The number of aromatic nitrogens is 2. The van der Waals surface area contributed by atoms with Gasteiger partial charge in [0.2, 0.25) is 5.89 Å². The van der Waals surface area contributed by atoms with Crippen molar-refractivity contribution in [3.8, 4) is 0 Å². The molecular formula is C11H19N3O. The molecule has 1 heterocycles. The zero-order chi connectivity index (χ0) is 10.5. The molecule has 4 nitrogen and oxygen atoms in total. The van der Waals surface area contributed by atoms with Gasteiger partial charge >= 0.3 is 0 Å². The smallest absolute Gasteiger partial charge is 0.227 e. The largest absolute Gasteiger partial charge is 0.339 e. The van der Waals surface area contributed by atoms with E-state index < -0.39 is 0 Å². The second-order valence-electron chi connectivity index (χ2n) is 4.19. The fraction of sp³-hybridized carbons (Fsp3) is 0.818. The van der Waals surface area contributed by atoms with Crippen molar-refractivity contribution in [2.24, 2.45) is 0 Å². The molecule has 0 unspecified atom stereocenters. The molecular weight excluding hydrogens is 190 g/mol. The highest BCUT2D eigenvalue weighted by Gasteiger charge is 2.20. The van der Waals surface area contributed by atoms with E-state index in [2.05, 4.69) is 22.4 Å². The predicted molar refractivity (Wildman–Crippen MR) is 57.6 cm³/mol. The highest BCUT2D eigenvalue weighted by atomic mass is 16.5. The molecule has 4 heteroatoms. The van der Waals surface area contributed by atoms with Gasteiger partial charge < -0.3 is 9.84 Å². The first-order valence-electron chi connectivity index (χ1n) is 5.93. The topological polar surface area (TPSA) is 51.0 Å². The molecule has 0 bridgehead atoms. The molecule has 1 aromatic heterocycles. The number of aryl methyl sites for hydroxylation is 1. The molecule has 1 aliphatic carbocycles. The summed E-state index contributed by atoms with van der Waals surface area (Å²) >= 11 is 0. The van der Waals surface area contributed by atoms with E-state index in [0.717, 1.165) is 43.6 Å². The van der Waals surface area contributed by atoms with Gasteiger partial charge in [0.05, 0.1) is 0 Å². The minimum atomic E-state index is 0.757. The molecule has 0 atom stereocenters. The first kappa shape index (κ1) is 10.6. The summed E-state index contributed by atoms with van der Waals surface area (Å²) < 4.78 is 5.16. The highest BCUT2D eigenvalue weighted by molar-refractivity contribution is 4.88. The minimum absolute atomic E-state index is 0.757. The fourth-order valence-electron chi connectivity index (χ4n) is 1.50. The minimum Gasteiger partial charge on any atom is -0.339 e. The van der Waals surface area contributed by atoms with E-state index in [1.165, 1.54) is 19.3 Å². The van der Waals surface area contributed by atoms with E-state index in [-0.39, 0.29) is 0 Å². The zero-order valence-corrected chi connectivity index (χ0v) is 9.33. The number of nitrogens with one attached hydrogen (secondary N) is 1. The van der Waals surface area contributed by atoms with E-state index >= 15 is 0 Å². The van der Waals surface area contributed by atoms with Crippen LogP contribution in [0.2, 0.25) is 0 Å². The molecule has 0 amide bonds. The maximum atomic E-state index is 5.16. The number of rotatable bonds is 7. The molecule has 84 valence electrons. The quantitative estimate of drug-likeness (QED) is 0.742. The Hall–Kier alpha value is -0.900. The predicted octanol–water partition coefficient (Wildman–Crippen LogP) is 1.71. The van der Waals surface area contributed by atoms with E-state index in [0.29, 0.717) is 0 Å². The Morgan fingerprint density at radius 3 is 3.00 bits per heavy atom. The summed E-state index contributed by atoms with van der Waals surface area (Å²) in [6, 6.07) is 0.757. The van der Waals surface area contributed by atoms with Crippen LogP contribution in [0.4, 0.5) is 0 Å². The summed E-state index contributed by atoms with van der Waals surface area (Å²) in [7, 11) is 0. The Balaban J connectivity index is 1.68. The maximum Gasteiger partial charge on any atom is 0.227 e. The number of nitrogens with zero attached hydrogens (tertiary/aromatic N) is 2. The van der Waals surface area contributed by atoms with Crippen LogP contribution in [0.25, 0.3) is 0 Å². The molecule has 2 rings (SSSR count). The first-order valence-corrected chi connectivity index (χ1v) is 5.93. The summed E-state index contributed by atoms with van der Waals surface area (Å²) in [5.41, 5.74) is 0. The van der Waals surface area contributed by atoms with Crippen LogP contribution in [0.15, 0.2) is 4.52 Å². The van der Waals surface area contributed by atoms with Crippen LogP contribution in [0.3, 0.4) is 0 Å². The third kappa shape index (κ3) is 3.63. The lowest BCUT2D eigenvalue weighted by Crippen LogP contribution is -2.19. The van der Waals surface area contributed by atoms with Crippen LogP contribution >= 0.6 is 0 Å². The third-order valence-corrected chi connectivity index (χ3v) is 2.61. The molecule has 1 aliphatic rings. The lowest BCUT2D eigenvalue weighted by Gasteiger charge is -1.97. The molecule has 1 aromatic rings. The second-order valence-corrected chi connectivity index (χ2v) is 4.19. The van der Waals surface area contributed by atoms with Gasteiger partial charge in [-0.3, -0.25) is 0 Å². The zero-order valence-electron chi connectivity index (χ0n) is 9.33. The second kappa shape index (κ2) is 5.26. The van der Waals surface area contributed by atoms with Crippen molar-refractivity contribution in [1.29, 1.82) is 0 Å². The van der Waals surface area contributed by atoms with Crippen molar-refractivity contribution in [3.05, 3.63) is 11.7 Å². The Bertz CT molecular complexity index is 294. The summed E-state index contributed by atoms with van der Waals surface area (Å²) in [5.74, 6) is 1.63. The lowest BCUT2D eigenvalue weighted by molar-refractivity contribution is 0.370. The van der Waals surface area contributed by atoms with E-state index in [1.807, 2.05) is 0 Å². The first-order chi connectivity index (χ1) is 7.38. The van der Waals surface area contributed by atoms with Gasteiger partial charge in [0.25, 0.3) is 0 Å². The SMILES string of the molecule is CCCCc1noc(CCNC2CC2)n1. The molecule has 0 aliphatic heterocycles. The van der Waals surface area contributed by atoms with Crippen molar-refractivity contribution in [2.45, 2.75) is 51.5 Å². The average Bonchev–Trinajstić information content (AvgIpc) is 2.95. The van der Waals surface area contributed by atoms with Crippen molar-refractivity contribution < 1.29 is 4.52 Å². The van der Waals surface area contributed by atoms with Crippen LogP contribution in [-0.2, 0) is 12.8 Å². The van der Waals surface area contributed by atoms with Crippen LogP contribution in [0, 0.1) is 0 Å². The molecule has 1 fully saturated rings. The van der Waals surface area contributed by atoms with Gasteiger partial charge in [-0.05, 0) is 19.3 Å². The molecule has 1 saturated carbocycles. The van der Waals surface area contributed by atoms with Gasteiger partial charge in [0.1, 0.15) is 0 Å². The van der Waals surface area contributed by atoms with Gasteiger partial charge in [0, 0.05) is 25.4 Å². The normalized spacial score (nSPS) is 15.8. The number of unbranched alkanes of at least 4 members (excludes halogenated alkanes) is 1. The van der Waals surface area contributed by atoms with E-state index in [4.69, 9.17) is 4.52 Å². The summed E-state index contributed by atoms with van der Waals surface area (Å²) in [5, 5.41) is 7.38. The molecule has 0 saturated heterocycles. The van der Waals surface area contributed by atoms with Crippen molar-refractivity contribution >= 4 is 0 Å². The Kier molecular flexibility index (Phi) is 3.72. The number of hydrogen-bond acceptors (Lipinski definition) is 4. The van der Waals surface area contributed by atoms with Gasteiger partial charge in [-0.15, -0.1) is 0 Å². The molecule has 1 N–H and O–H groups in total. The van der Waals surface area contributed by atoms with Gasteiger partial charge in [-0.1, -0.05) is 18.5 Å². The molecule has 15 heavy (non-hydrogen) atoms. The Morgan fingerprint density at radius 2 is 2.27 bits per heavy atom. The van der Waals surface area contributed by atoms with Crippen LogP contribution < -0.4 is 5.32 Å². The van der Waals surface area contributed by atoms with Gasteiger partial charge in [0.15, 0.2) is 5.82 Å². The average molecular weight is 209 g/mol. The summed E-state index contributed by atoms with van der Waals surface area (Å²) in [6.07, 6.45) is 6.76. The summed E-state index contributed by atoms with van der Waals surface area (Å²) in [6.45, 7) is 3.13. The molecule has 0 aromatic carbocycles. The van der Waals surface area contributed by atoms with E-state index in [9.17, 15) is 0 Å². The fourth-order valence-corrected chi connectivity index (χ4v) is 1.50.